The summed E-state index contributed by atoms with van der Waals surface area (Å²) in [5.41, 5.74) is 4.43. The molecule has 0 aromatic heterocycles. The van der Waals surface area contributed by atoms with Gasteiger partial charge < -0.3 is 20.7 Å². The van der Waals surface area contributed by atoms with Crippen LogP contribution < -0.4 is 5.73 Å². The van der Waals surface area contributed by atoms with E-state index in [0.29, 0.717) is 0 Å². The zero-order valence-corrected chi connectivity index (χ0v) is 4.70. The Labute approximate surface area is 50.8 Å². The lowest BCUT2D eigenvalue weighted by molar-refractivity contribution is 0.137. The van der Waals surface area contributed by atoms with Crippen molar-refractivity contribution >= 4 is 12.2 Å². The van der Waals surface area contributed by atoms with Crippen LogP contribution in [0.2, 0.25) is 0 Å². The molecular weight excluding hydrogens is 130 g/mol. The monoisotopic (exact) mass is 137 g/mol. The second-order valence-corrected chi connectivity index (χ2v) is 0.806. The molecule has 0 bridgehead atoms. The van der Waals surface area contributed by atoms with Crippen molar-refractivity contribution in [2.75, 3.05) is 7.11 Å². The molecule has 0 atom stereocenters. The van der Waals surface area contributed by atoms with Crippen LogP contribution in [0.4, 0.5) is 9.59 Å². The van der Waals surface area contributed by atoms with Gasteiger partial charge in [0.1, 0.15) is 0 Å². The molecule has 4 N–H and O–H groups in total. The largest absolute Gasteiger partial charge is 0.503 e. The molecule has 0 saturated carbocycles. The fraction of sp³-hybridized carbons (Fsp3) is 0.333. The van der Waals surface area contributed by atoms with Crippen LogP contribution >= 0.6 is 0 Å². The minimum absolute atomic E-state index is 0.745. The van der Waals surface area contributed by atoms with E-state index in [1.165, 1.54) is 7.11 Å². The van der Waals surface area contributed by atoms with E-state index in [4.69, 9.17) is 15.0 Å². The number of rotatable bonds is 0. The van der Waals surface area contributed by atoms with Crippen molar-refractivity contribution in [1.82, 2.24) is 0 Å². The zero-order valence-electron chi connectivity index (χ0n) is 4.70. The highest BCUT2D eigenvalue weighted by Gasteiger charge is 1.76. The predicted molar refractivity (Wildman–Crippen MR) is 27.2 cm³/mol. The fourth-order valence-corrected chi connectivity index (χ4v) is 0. The molecule has 0 rings (SSSR count). The van der Waals surface area contributed by atoms with Crippen LogP contribution in [-0.4, -0.2) is 29.6 Å². The van der Waals surface area contributed by atoms with Crippen molar-refractivity contribution < 1.29 is 24.5 Å². The first-order valence-corrected chi connectivity index (χ1v) is 1.76. The predicted octanol–water partition coefficient (Wildman–Crippen LogP) is -0.0661. The maximum atomic E-state index is 9.37. The van der Waals surface area contributed by atoms with Gasteiger partial charge in [-0.15, -0.1) is 0 Å². The second kappa shape index (κ2) is 6.54. The molecule has 9 heavy (non-hydrogen) atoms. The molecule has 0 radical (unpaired) electrons. The van der Waals surface area contributed by atoms with Crippen LogP contribution in [0.5, 0.6) is 0 Å². The molecule has 6 nitrogen and oxygen atoms in total. The molecule has 0 spiro atoms. The Morgan fingerprint density at radius 1 is 1.44 bits per heavy atom. The molecule has 0 aliphatic rings. The number of hydrogen-bond acceptors (Lipinski definition) is 3. The van der Waals surface area contributed by atoms with Crippen LogP contribution in [0.1, 0.15) is 0 Å². The third kappa shape index (κ3) is 462. The SMILES string of the molecule is COC(N)=O.O=C(O)O. The number of amides is 1. The number of methoxy groups -OCH3 is 1. The molecule has 0 fully saturated rings. The molecule has 54 valence electrons. The lowest BCUT2D eigenvalue weighted by Gasteiger charge is -1.81. The number of nitrogens with two attached hydrogens (primary N) is 1. The smallest absolute Gasteiger partial charge is 0.453 e. The number of carboxylic acid groups (broad SMARTS) is 2. The van der Waals surface area contributed by atoms with E-state index in [1.807, 2.05) is 0 Å². The Bertz CT molecular complexity index is 96.4. The van der Waals surface area contributed by atoms with Crippen LogP contribution in [0.3, 0.4) is 0 Å². The molecule has 0 unspecified atom stereocenters. The molecule has 0 aliphatic carbocycles. The quantitative estimate of drug-likeness (QED) is 0.433. The molecule has 0 aromatic carbocycles. The summed E-state index contributed by atoms with van der Waals surface area (Å²) < 4.78 is 3.89. The van der Waals surface area contributed by atoms with Gasteiger partial charge in [0.05, 0.1) is 7.11 Å². The van der Waals surface area contributed by atoms with E-state index < -0.39 is 12.2 Å². The first-order valence-electron chi connectivity index (χ1n) is 1.76. The lowest BCUT2D eigenvalue weighted by Crippen LogP contribution is -2.08. The topological polar surface area (TPSA) is 110 Å². The molecule has 6 heteroatoms. The summed E-state index contributed by atoms with van der Waals surface area (Å²) in [7, 11) is 1.22. The van der Waals surface area contributed by atoms with Crippen molar-refractivity contribution in [3.8, 4) is 0 Å². The minimum Gasteiger partial charge on any atom is -0.453 e. The molecule has 0 aliphatic heterocycles. The Kier molecular flexibility index (Phi) is 7.64. The average molecular weight is 137 g/mol. The van der Waals surface area contributed by atoms with Crippen LogP contribution in [0.15, 0.2) is 0 Å². The molecular formula is C3H7NO5. The van der Waals surface area contributed by atoms with E-state index >= 15 is 0 Å². The molecule has 1 amide bonds. The zero-order chi connectivity index (χ0) is 7.86. The van der Waals surface area contributed by atoms with Gasteiger partial charge in [0.2, 0.25) is 0 Å². The number of ether oxygens (including phenoxy) is 1. The maximum absolute atomic E-state index is 9.37. The highest BCUT2D eigenvalue weighted by molar-refractivity contribution is 5.64. The third-order valence-electron chi connectivity index (χ3n) is 0.201. The van der Waals surface area contributed by atoms with E-state index in [-0.39, 0.29) is 0 Å². The van der Waals surface area contributed by atoms with E-state index in [9.17, 15) is 4.79 Å². The van der Waals surface area contributed by atoms with Crippen molar-refractivity contribution in [3.63, 3.8) is 0 Å². The summed E-state index contributed by atoms with van der Waals surface area (Å²) in [6.45, 7) is 0. The van der Waals surface area contributed by atoms with Crippen molar-refractivity contribution in [3.05, 3.63) is 0 Å². The van der Waals surface area contributed by atoms with Gasteiger partial charge in [-0.3, -0.25) is 0 Å². The molecule has 0 saturated heterocycles. The second-order valence-electron chi connectivity index (χ2n) is 0.806. The van der Waals surface area contributed by atoms with Gasteiger partial charge in [0, 0.05) is 0 Å². The van der Waals surface area contributed by atoms with Gasteiger partial charge >= 0.3 is 12.2 Å². The fourth-order valence-electron chi connectivity index (χ4n) is 0. The summed E-state index contributed by atoms with van der Waals surface area (Å²) in [5.74, 6) is 0. The van der Waals surface area contributed by atoms with Crippen molar-refractivity contribution in [2.45, 2.75) is 0 Å². The van der Waals surface area contributed by atoms with Gasteiger partial charge in [-0.2, -0.15) is 0 Å². The lowest BCUT2D eigenvalue weighted by atomic mass is 11.3. The van der Waals surface area contributed by atoms with Crippen LogP contribution in [0, 0.1) is 0 Å². The van der Waals surface area contributed by atoms with Gasteiger partial charge in [0.25, 0.3) is 0 Å². The van der Waals surface area contributed by atoms with Gasteiger partial charge in [-0.05, 0) is 0 Å². The highest BCUT2D eigenvalue weighted by Crippen LogP contribution is 1.55. The van der Waals surface area contributed by atoms with E-state index in [2.05, 4.69) is 10.5 Å². The van der Waals surface area contributed by atoms with Gasteiger partial charge in [-0.1, -0.05) is 0 Å². The normalized spacial score (nSPS) is 6.33. The third-order valence-corrected chi connectivity index (χ3v) is 0.201. The first kappa shape index (κ1) is 10.5. The van der Waals surface area contributed by atoms with Crippen LogP contribution in [-0.2, 0) is 4.74 Å². The minimum atomic E-state index is -1.83. The Balaban J connectivity index is 0. The molecule has 0 aromatic rings. The summed E-state index contributed by atoms with van der Waals surface area (Å²) >= 11 is 0. The van der Waals surface area contributed by atoms with Gasteiger partial charge in [-0.25, -0.2) is 9.59 Å². The number of hydrogen-bond donors (Lipinski definition) is 3. The summed E-state index contributed by atoms with van der Waals surface area (Å²) in [4.78, 5) is 17.9. The highest BCUT2D eigenvalue weighted by atomic mass is 16.6. The molecule has 0 heterocycles. The Hall–Kier alpha value is -1.46. The Morgan fingerprint density at radius 3 is 1.56 bits per heavy atom. The summed E-state index contributed by atoms with van der Waals surface area (Å²) in [6, 6.07) is 0. The Morgan fingerprint density at radius 2 is 1.56 bits per heavy atom. The van der Waals surface area contributed by atoms with E-state index in [1.54, 1.807) is 0 Å². The average Bonchev–Trinajstić information content (AvgIpc) is 1.65. The van der Waals surface area contributed by atoms with Gasteiger partial charge in [0.15, 0.2) is 0 Å². The van der Waals surface area contributed by atoms with Crippen molar-refractivity contribution in [2.24, 2.45) is 5.73 Å². The first-order chi connectivity index (χ1) is 4.00. The van der Waals surface area contributed by atoms with Crippen LogP contribution in [0.25, 0.3) is 0 Å². The van der Waals surface area contributed by atoms with Crippen molar-refractivity contribution in [1.29, 1.82) is 0 Å². The number of carbonyl (C=O) groups is 2. The van der Waals surface area contributed by atoms with E-state index in [0.717, 1.165) is 0 Å². The maximum Gasteiger partial charge on any atom is 0.503 e. The number of carbonyl (C=O) groups excluding carboxylic acids is 1. The summed E-state index contributed by atoms with van der Waals surface area (Å²) in [5, 5.41) is 13.9. The number of primary amides is 1. The standard InChI is InChI=1S/C2H5NO2.CH2O3/c1-5-2(3)4;2-1(3)4/h1H3,(H2,3,4);(H2,2,3,4). The summed E-state index contributed by atoms with van der Waals surface area (Å²) in [6.07, 6.45) is -2.58.